The number of ketones is 1. The summed E-state index contributed by atoms with van der Waals surface area (Å²) in [5, 5.41) is 1.97. The SMILES string of the molecule is CCCCC(C(C)=O)N1CC(=O)N(Cc2cccs2)C(Cc2ccccc2)C1=O. The Balaban J connectivity index is 1.89. The molecule has 154 valence electrons. The molecule has 0 N–H and O–H groups in total. The average Bonchev–Trinajstić information content (AvgIpc) is 3.22. The van der Waals surface area contributed by atoms with Gasteiger partial charge in [-0.2, -0.15) is 0 Å². The minimum Gasteiger partial charge on any atom is -0.324 e. The fourth-order valence-corrected chi connectivity index (χ4v) is 4.56. The summed E-state index contributed by atoms with van der Waals surface area (Å²) in [5.41, 5.74) is 1.00. The fourth-order valence-electron chi connectivity index (χ4n) is 3.86. The molecule has 0 bridgehead atoms. The molecule has 2 heterocycles. The molecule has 2 amide bonds. The summed E-state index contributed by atoms with van der Waals surface area (Å²) in [7, 11) is 0. The van der Waals surface area contributed by atoms with Crippen LogP contribution < -0.4 is 0 Å². The van der Waals surface area contributed by atoms with Crippen molar-refractivity contribution in [3.63, 3.8) is 0 Å². The lowest BCUT2D eigenvalue weighted by Crippen LogP contribution is -2.63. The predicted octanol–water partition coefficient (Wildman–Crippen LogP) is 3.68. The van der Waals surface area contributed by atoms with Crippen LogP contribution in [-0.4, -0.2) is 46.0 Å². The summed E-state index contributed by atoms with van der Waals surface area (Å²) in [5.74, 6) is -0.271. The van der Waals surface area contributed by atoms with Gasteiger partial charge in [-0.25, -0.2) is 0 Å². The van der Waals surface area contributed by atoms with Gasteiger partial charge in [-0.1, -0.05) is 56.2 Å². The second-order valence-electron chi connectivity index (χ2n) is 7.54. The molecule has 1 aliphatic heterocycles. The maximum atomic E-state index is 13.5. The fraction of sp³-hybridized carbons (Fsp3) is 0.435. The highest BCUT2D eigenvalue weighted by Gasteiger charge is 2.42. The minimum atomic E-state index is -0.593. The van der Waals surface area contributed by atoms with Crippen LogP contribution in [0.2, 0.25) is 0 Å². The van der Waals surface area contributed by atoms with E-state index < -0.39 is 12.1 Å². The molecule has 1 aromatic carbocycles. The zero-order valence-corrected chi connectivity index (χ0v) is 17.9. The van der Waals surface area contributed by atoms with Crippen LogP contribution >= 0.6 is 11.3 Å². The monoisotopic (exact) mass is 412 g/mol. The van der Waals surface area contributed by atoms with Gasteiger partial charge < -0.3 is 9.80 Å². The van der Waals surface area contributed by atoms with E-state index in [1.54, 1.807) is 16.2 Å². The number of Topliss-reactive ketones (excluding diaryl/α,β-unsaturated/α-hetero) is 1. The quantitative estimate of drug-likeness (QED) is 0.631. The van der Waals surface area contributed by atoms with Gasteiger partial charge >= 0.3 is 0 Å². The van der Waals surface area contributed by atoms with Gasteiger partial charge in [-0.3, -0.25) is 14.4 Å². The molecule has 1 aliphatic rings. The normalized spacial score (nSPS) is 18.2. The summed E-state index contributed by atoms with van der Waals surface area (Å²) >= 11 is 1.58. The highest BCUT2D eigenvalue weighted by molar-refractivity contribution is 7.09. The predicted molar refractivity (Wildman–Crippen MR) is 115 cm³/mol. The number of carbonyl (C=O) groups excluding carboxylic acids is 3. The first-order valence-electron chi connectivity index (χ1n) is 10.2. The van der Waals surface area contributed by atoms with Crippen LogP contribution in [0.1, 0.15) is 43.6 Å². The maximum Gasteiger partial charge on any atom is 0.246 e. The Bertz CT molecular complexity index is 835. The Hall–Kier alpha value is -2.47. The Morgan fingerprint density at radius 2 is 1.93 bits per heavy atom. The van der Waals surface area contributed by atoms with Gasteiger partial charge in [0.15, 0.2) is 5.78 Å². The lowest BCUT2D eigenvalue weighted by Gasteiger charge is -2.43. The van der Waals surface area contributed by atoms with Gasteiger partial charge in [0.25, 0.3) is 0 Å². The topological polar surface area (TPSA) is 57.7 Å². The van der Waals surface area contributed by atoms with Crippen molar-refractivity contribution in [1.29, 1.82) is 0 Å². The largest absolute Gasteiger partial charge is 0.324 e. The molecular weight excluding hydrogens is 384 g/mol. The number of hydrogen-bond acceptors (Lipinski definition) is 4. The van der Waals surface area contributed by atoms with Crippen LogP contribution in [0.4, 0.5) is 0 Å². The summed E-state index contributed by atoms with van der Waals surface area (Å²) in [4.78, 5) is 43.2. The average molecular weight is 413 g/mol. The molecule has 1 aromatic heterocycles. The van der Waals surface area contributed by atoms with Crippen molar-refractivity contribution in [3.05, 3.63) is 58.3 Å². The van der Waals surface area contributed by atoms with Crippen molar-refractivity contribution >= 4 is 28.9 Å². The van der Waals surface area contributed by atoms with E-state index in [1.807, 2.05) is 47.8 Å². The van der Waals surface area contributed by atoms with E-state index in [1.165, 1.54) is 11.8 Å². The van der Waals surface area contributed by atoms with Gasteiger partial charge in [-0.15, -0.1) is 11.3 Å². The van der Waals surface area contributed by atoms with E-state index in [9.17, 15) is 14.4 Å². The molecule has 2 unspecified atom stereocenters. The third-order valence-electron chi connectivity index (χ3n) is 5.43. The number of carbonyl (C=O) groups is 3. The maximum absolute atomic E-state index is 13.5. The van der Waals surface area contributed by atoms with Crippen LogP contribution in [0.3, 0.4) is 0 Å². The lowest BCUT2D eigenvalue weighted by molar-refractivity contribution is -0.160. The summed E-state index contributed by atoms with van der Waals surface area (Å²) in [6, 6.07) is 12.6. The third kappa shape index (κ3) is 5.12. The molecule has 0 radical (unpaired) electrons. The van der Waals surface area contributed by atoms with Gasteiger partial charge in [0.05, 0.1) is 12.6 Å². The number of thiophene rings is 1. The van der Waals surface area contributed by atoms with Gasteiger partial charge in [0.2, 0.25) is 11.8 Å². The van der Waals surface area contributed by atoms with Crippen molar-refractivity contribution in [3.8, 4) is 0 Å². The summed E-state index contributed by atoms with van der Waals surface area (Å²) < 4.78 is 0. The summed E-state index contributed by atoms with van der Waals surface area (Å²) in [6.07, 6.45) is 2.85. The van der Waals surface area contributed by atoms with E-state index in [2.05, 4.69) is 6.92 Å². The Morgan fingerprint density at radius 3 is 2.55 bits per heavy atom. The zero-order valence-electron chi connectivity index (χ0n) is 17.0. The molecule has 2 aromatic rings. The van der Waals surface area contributed by atoms with E-state index in [4.69, 9.17) is 0 Å². The molecule has 0 spiro atoms. The van der Waals surface area contributed by atoms with Crippen molar-refractivity contribution < 1.29 is 14.4 Å². The molecule has 29 heavy (non-hydrogen) atoms. The standard InChI is InChI=1S/C23H28N2O3S/c1-3-4-12-20(17(2)26)25-16-22(27)24(15-19-11-8-13-29-19)21(23(25)28)14-18-9-6-5-7-10-18/h5-11,13,20-21H,3-4,12,14-16H2,1-2H3. The summed E-state index contributed by atoms with van der Waals surface area (Å²) in [6.45, 7) is 3.97. The van der Waals surface area contributed by atoms with Gasteiger partial charge in [0, 0.05) is 11.3 Å². The molecule has 0 aliphatic carbocycles. The molecule has 3 rings (SSSR count). The first-order chi connectivity index (χ1) is 14.0. The molecule has 2 atom stereocenters. The second kappa shape index (κ2) is 9.83. The Morgan fingerprint density at radius 1 is 1.17 bits per heavy atom. The van der Waals surface area contributed by atoms with Crippen LogP contribution in [0.15, 0.2) is 47.8 Å². The molecular formula is C23H28N2O3S. The molecule has 1 fully saturated rings. The highest BCUT2D eigenvalue weighted by Crippen LogP contribution is 2.24. The third-order valence-corrected chi connectivity index (χ3v) is 6.29. The van der Waals surface area contributed by atoms with Crippen molar-refractivity contribution in [2.24, 2.45) is 0 Å². The van der Waals surface area contributed by atoms with Crippen molar-refractivity contribution in [1.82, 2.24) is 9.80 Å². The first kappa shape index (κ1) is 21.2. The minimum absolute atomic E-state index is 0.0243. The first-order valence-corrected chi connectivity index (χ1v) is 11.1. The van der Waals surface area contributed by atoms with Crippen LogP contribution in [0.25, 0.3) is 0 Å². The number of nitrogens with zero attached hydrogens (tertiary/aromatic N) is 2. The van der Waals surface area contributed by atoms with Crippen LogP contribution in [0, 0.1) is 0 Å². The number of benzene rings is 1. The van der Waals surface area contributed by atoms with E-state index >= 15 is 0 Å². The van der Waals surface area contributed by atoms with Crippen LogP contribution in [-0.2, 0) is 27.3 Å². The van der Waals surface area contributed by atoms with Crippen molar-refractivity contribution in [2.45, 2.75) is 58.2 Å². The lowest BCUT2D eigenvalue weighted by atomic mass is 9.97. The van der Waals surface area contributed by atoms with Crippen molar-refractivity contribution in [2.75, 3.05) is 6.54 Å². The highest BCUT2D eigenvalue weighted by atomic mass is 32.1. The number of amides is 2. The molecule has 1 saturated heterocycles. The second-order valence-corrected chi connectivity index (χ2v) is 8.57. The molecule has 6 heteroatoms. The van der Waals surface area contributed by atoms with E-state index in [0.717, 1.165) is 23.3 Å². The zero-order chi connectivity index (χ0) is 20.8. The number of hydrogen-bond donors (Lipinski definition) is 0. The Labute approximate surface area is 176 Å². The van der Waals surface area contributed by atoms with E-state index in [-0.39, 0.29) is 24.1 Å². The van der Waals surface area contributed by atoms with Crippen LogP contribution in [0.5, 0.6) is 0 Å². The number of rotatable bonds is 9. The van der Waals surface area contributed by atoms with E-state index in [0.29, 0.717) is 19.4 Å². The number of unbranched alkanes of at least 4 members (excludes halogenated alkanes) is 1. The van der Waals surface area contributed by atoms with Gasteiger partial charge in [0.1, 0.15) is 12.6 Å². The Kier molecular flexibility index (Phi) is 7.20. The molecule has 0 saturated carbocycles. The number of piperazine rings is 1. The smallest absolute Gasteiger partial charge is 0.246 e. The molecule has 5 nitrogen and oxygen atoms in total. The van der Waals surface area contributed by atoms with Gasteiger partial charge in [-0.05, 0) is 30.4 Å².